The van der Waals surface area contributed by atoms with Crippen LogP contribution in [-0.4, -0.2) is 75.5 Å². The fourth-order valence-electron chi connectivity index (χ4n) is 2.98. The fourth-order valence-corrected chi connectivity index (χ4v) is 6.04. The molecule has 1 aromatic rings. The van der Waals surface area contributed by atoms with E-state index in [0.717, 1.165) is 30.8 Å². The zero-order valence-electron chi connectivity index (χ0n) is 13.8. The highest BCUT2D eigenvalue weighted by Gasteiger charge is 2.30. The van der Waals surface area contributed by atoms with E-state index in [0.29, 0.717) is 37.1 Å². The minimum atomic E-state index is -3.49. The summed E-state index contributed by atoms with van der Waals surface area (Å²) in [6.07, 6.45) is 2.17. The molecule has 1 atom stereocenters. The second-order valence-electron chi connectivity index (χ2n) is 6.18. The van der Waals surface area contributed by atoms with Crippen LogP contribution in [0.4, 0.5) is 0 Å². The molecule has 2 aliphatic rings. The molecule has 0 aliphatic carbocycles. The maximum atomic E-state index is 12.5. The third-order valence-electron chi connectivity index (χ3n) is 4.39. The lowest BCUT2D eigenvalue weighted by Gasteiger charge is -2.33. The van der Waals surface area contributed by atoms with Gasteiger partial charge in [0, 0.05) is 39.3 Å². The number of hydrogen-bond donors (Lipinski definition) is 1. The number of halogens is 1. The molecule has 0 unspecified atom stereocenters. The first kappa shape index (κ1) is 19.1. The average Bonchev–Trinajstić information content (AvgIpc) is 3.25. The quantitative estimate of drug-likeness (QED) is 0.761. The Balaban J connectivity index is 1.44. The minimum absolute atomic E-state index is 0.0446. The van der Waals surface area contributed by atoms with E-state index in [2.05, 4.69) is 5.32 Å². The summed E-state index contributed by atoms with van der Waals surface area (Å²) in [5.74, 6) is -0.0446. The Bertz CT molecular complexity index is 695. The summed E-state index contributed by atoms with van der Waals surface area (Å²) in [7, 11) is -3.49. The Labute approximate surface area is 156 Å². The second-order valence-corrected chi connectivity index (χ2v) is 10.1. The van der Waals surface area contributed by atoms with Crippen molar-refractivity contribution in [3.8, 4) is 0 Å². The molecule has 1 amide bonds. The van der Waals surface area contributed by atoms with Gasteiger partial charge in [-0.3, -0.25) is 9.69 Å². The summed E-state index contributed by atoms with van der Waals surface area (Å²) in [5, 5.41) is 2.89. The van der Waals surface area contributed by atoms with Crippen LogP contribution in [-0.2, 0) is 19.6 Å². The Morgan fingerprint density at radius 3 is 2.68 bits per heavy atom. The first-order chi connectivity index (χ1) is 11.9. The van der Waals surface area contributed by atoms with Crippen molar-refractivity contribution < 1.29 is 17.9 Å². The van der Waals surface area contributed by atoms with Crippen molar-refractivity contribution in [3.05, 3.63) is 16.5 Å². The first-order valence-electron chi connectivity index (χ1n) is 8.31. The molecule has 2 saturated heterocycles. The molecule has 25 heavy (non-hydrogen) atoms. The molecule has 2 aliphatic heterocycles. The van der Waals surface area contributed by atoms with Crippen molar-refractivity contribution in [1.82, 2.24) is 14.5 Å². The number of rotatable bonds is 6. The predicted molar refractivity (Wildman–Crippen MR) is 96.5 cm³/mol. The van der Waals surface area contributed by atoms with Crippen LogP contribution in [0.3, 0.4) is 0 Å². The summed E-state index contributed by atoms with van der Waals surface area (Å²) in [6.45, 7) is 3.41. The summed E-state index contributed by atoms with van der Waals surface area (Å²) in [4.78, 5) is 14.0. The Kier molecular flexibility index (Phi) is 6.35. The average molecular weight is 408 g/mol. The van der Waals surface area contributed by atoms with Crippen LogP contribution >= 0.6 is 22.9 Å². The molecule has 3 rings (SSSR count). The van der Waals surface area contributed by atoms with Gasteiger partial charge in [0.05, 0.1) is 17.0 Å². The third-order valence-corrected chi connectivity index (χ3v) is 7.99. The smallest absolute Gasteiger partial charge is 0.252 e. The van der Waals surface area contributed by atoms with Crippen molar-refractivity contribution in [1.29, 1.82) is 0 Å². The van der Waals surface area contributed by atoms with E-state index in [1.165, 1.54) is 10.4 Å². The predicted octanol–water partition coefficient (Wildman–Crippen LogP) is 1.00. The second kappa shape index (κ2) is 8.32. The number of piperazine rings is 1. The Morgan fingerprint density at radius 1 is 1.32 bits per heavy atom. The highest BCUT2D eigenvalue weighted by Crippen LogP contribution is 2.28. The fraction of sp³-hybridized carbons (Fsp3) is 0.667. The van der Waals surface area contributed by atoms with Gasteiger partial charge in [-0.05, 0) is 25.0 Å². The number of carbonyl (C=O) groups excluding carboxylic acids is 1. The lowest BCUT2D eigenvalue weighted by Crippen LogP contribution is -2.51. The molecular formula is C15H22ClN3O4S2. The van der Waals surface area contributed by atoms with Gasteiger partial charge in [-0.15, -0.1) is 11.3 Å². The normalized spacial score (nSPS) is 23.0. The first-order valence-corrected chi connectivity index (χ1v) is 10.9. The van der Waals surface area contributed by atoms with Gasteiger partial charge in [0.2, 0.25) is 5.91 Å². The van der Waals surface area contributed by atoms with Gasteiger partial charge in [-0.2, -0.15) is 4.31 Å². The summed E-state index contributed by atoms with van der Waals surface area (Å²) in [5.41, 5.74) is 0. The molecule has 7 nitrogen and oxygen atoms in total. The number of carbonyl (C=O) groups is 1. The van der Waals surface area contributed by atoms with E-state index in [4.69, 9.17) is 16.3 Å². The standard InChI is InChI=1S/C15H22ClN3O4S2/c16-13-3-4-15(24-13)25(21,22)19-7-5-18(6-8-19)11-14(20)17-10-12-2-1-9-23-12/h3-4,12H,1-2,5-11H2,(H,17,20)/t12-/m1/s1. The molecule has 0 aromatic carbocycles. The molecule has 1 aromatic heterocycles. The zero-order valence-corrected chi connectivity index (χ0v) is 16.2. The van der Waals surface area contributed by atoms with Gasteiger partial charge in [0.1, 0.15) is 4.21 Å². The van der Waals surface area contributed by atoms with Crippen LogP contribution in [0, 0.1) is 0 Å². The van der Waals surface area contributed by atoms with Gasteiger partial charge in [0.15, 0.2) is 0 Å². The molecular weight excluding hydrogens is 386 g/mol. The number of nitrogens with zero attached hydrogens (tertiary/aromatic N) is 2. The highest BCUT2D eigenvalue weighted by molar-refractivity contribution is 7.91. The number of hydrogen-bond acceptors (Lipinski definition) is 6. The van der Waals surface area contributed by atoms with Crippen molar-refractivity contribution in [2.45, 2.75) is 23.2 Å². The lowest BCUT2D eigenvalue weighted by molar-refractivity contribution is -0.123. The van der Waals surface area contributed by atoms with Crippen LogP contribution in [0.25, 0.3) is 0 Å². The van der Waals surface area contributed by atoms with E-state index in [1.807, 2.05) is 4.90 Å². The highest BCUT2D eigenvalue weighted by atomic mass is 35.5. The van der Waals surface area contributed by atoms with E-state index in [9.17, 15) is 13.2 Å². The molecule has 0 bridgehead atoms. The van der Waals surface area contributed by atoms with Crippen LogP contribution in [0.15, 0.2) is 16.3 Å². The molecule has 3 heterocycles. The number of thiophene rings is 1. The van der Waals surface area contributed by atoms with Gasteiger partial charge >= 0.3 is 0 Å². The van der Waals surface area contributed by atoms with Gasteiger partial charge in [0.25, 0.3) is 10.0 Å². The van der Waals surface area contributed by atoms with Crippen LogP contribution in [0.2, 0.25) is 4.34 Å². The summed E-state index contributed by atoms with van der Waals surface area (Å²) in [6, 6.07) is 3.13. The SMILES string of the molecule is O=C(CN1CCN(S(=O)(=O)c2ccc(Cl)s2)CC1)NC[C@H]1CCCO1. The Hall–Kier alpha value is -0.710. The number of nitrogens with one attached hydrogen (secondary N) is 1. The van der Waals surface area contributed by atoms with Crippen LogP contribution in [0.5, 0.6) is 0 Å². The summed E-state index contributed by atoms with van der Waals surface area (Å²) >= 11 is 6.90. The molecule has 2 fully saturated rings. The molecule has 0 radical (unpaired) electrons. The largest absolute Gasteiger partial charge is 0.376 e. The monoisotopic (exact) mass is 407 g/mol. The maximum absolute atomic E-state index is 12.5. The van der Waals surface area contributed by atoms with Crippen molar-refractivity contribution in [2.24, 2.45) is 0 Å². The number of sulfonamides is 1. The van der Waals surface area contributed by atoms with Gasteiger partial charge < -0.3 is 10.1 Å². The van der Waals surface area contributed by atoms with E-state index < -0.39 is 10.0 Å². The molecule has 1 N–H and O–H groups in total. The molecule has 0 saturated carbocycles. The van der Waals surface area contributed by atoms with Gasteiger partial charge in [-0.25, -0.2) is 8.42 Å². The molecule has 0 spiro atoms. The van der Waals surface area contributed by atoms with Gasteiger partial charge in [-0.1, -0.05) is 11.6 Å². The third kappa shape index (κ3) is 4.93. The molecule has 10 heteroatoms. The van der Waals surface area contributed by atoms with Crippen molar-refractivity contribution in [2.75, 3.05) is 45.9 Å². The maximum Gasteiger partial charge on any atom is 0.252 e. The van der Waals surface area contributed by atoms with E-state index in [1.54, 1.807) is 6.07 Å². The Morgan fingerprint density at radius 2 is 2.08 bits per heavy atom. The van der Waals surface area contributed by atoms with Crippen molar-refractivity contribution in [3.63, 3.8) is 0 Å². The zero-order chi connectivity index (χ0) is 17.9. The van der Waals surface area contributed by atoms with Crippen LogP contribution in [0.1, 0.15) is 12.8 Å². The minimum Gasteiger partial charge on any atom is -0.376 e. The topological polar surface area (TPSA) is 79.0 Å². The number of ether oxygens (including phenoxy) is 1. The summed E-state index contributed by atoms with van der Waals surface area (Å²) < 4.78 is 32.7. The van der Waals surface area contributed by atoms with E-state index in [-0.39, 0.29) is 22.8 Å². The lowest BCUT2D eigenvalue weighted by atomic mass is 10.2. The van der Waals surface area contributed by atoms with E-state index >= 15 is 0 Å². The number of amides is 1. The van der Waals surface area contributed by atoms with Crippen LogP contribution < -0.4 is 5.32 Å². The van der Waals surface area contributed by atoms with Crippen molar-refractivity contribution >= 4 is 38.9 Å². The molecule has 140 valence electrons.